The van der Waals surface area contributed by atoms with Gasteiger partial charge in [0.2, 0.25) is 0 Å². The molecule has 2 nitrogen and oxygen atoms in total. The molecule has 80 valence electrons. The summed E-state index contributed by atoms with van der Waals surface area (Å²) >= 11 is 0. The number of aliphatic carboxylic acids is 1. The molecule has 0 aliphatic heterocycles. The molecule has 0 aliphatic rings. The normalized spacial score (nSPS) is 11.4. The van der Waals surface area contributed by atoms with Gasteiger partial charge in [0.15, 0.2) is 0 Å². The van der Waals surface area contributed by atoms with E-state index >= 15 is 0 Å². The van der Waals surface area contributed by atoms with Crippen molar-refractivity contribution in [3.05, 3.63) is 47.5 Å². The summed E-state index contributed by atoms with van der Waals surface area (Å²) in [5, 5.41) is 8.63. The average Bonchev–Trinajstić information content (AvgIpc) is 2.25. The number of hydrogen-bond acceptors (Lipinski definition) is 1. The standard InChI is InChI=1S/C13H16O2/c1-11(13(14)15)7-5-6-10-12-8-3-2-4-9-12/h2-4,7-9H,5-6,10H2,1H3,(H,14,15). The fourth-order valence-electron chi connectivity index (χ4n) is 1.36. The zero-order chi connectivity index (χ0) is 11.1. The maximum Gasteiger partial charge on any atom is 0.330 e. The van der Waals surface area contributed by atoms with Crippen molar-refractivity contribution >= 4 is 5.97 Å². The Labute approximate surface area is 90.3 Å². The van der Waals surface area contributed by atoms with E-state index < -0.39 is 5.97 Å². The van der Waals surface area contributed by atoms with Gasteiger partial charge in [-0.1, -0.05) is 36.4 Å². The highest BCUT2D eigenvalue weighted by molar-refractivity contribution is 5.85. The van der Waals surface area contributed by atoms with Crippen molar-refractivity contribution in [3.8, 4) is 0 Å². The quantitative estimate of drug-likeness (QED) is 0.591. The highest BCUT2D eigenvalue weighted by Gasteiger charge is 1.97. The fourth-order valence-corrected chi connectivity index (χ4v) is 1.36. The van der Waals surface area contributed by atoms with Crippen LogP contribution in [0.25, 0.3) is 0 Å². The van der Waals surface area contributed by atoms with E-state index in [1.165, 1.54) is 5.56 Å². The lowest BCUT2D eigenvalue weighted by molar-refractivity contribution is -0.132. The maximum absolute atomic E-state index is 10.5. The van der Waals surface area contributed by atoms with Crippen molar-refractivity contribution in [2.45, 2.75) is 26.2 Å². The van der Waals surface area contributed by atoms with Crippen molar-refractivity contribution in [2.75, 3.05) is 0 Å². The fraction of sp³-hybridized carbons (Fsp3) is 0.308. The first kappa shape index (κ1) is 11.5. The molecule has 1 aromatic carbocycles. The van der Waals surface area contributed by atoms with E-state index in [2.05, 4.69) is 12.1 Å². The van der Waals surface area contributed by atoms with Gasteiger partial charge in [0, 0.05) is 5.57 Å². The molecule has 0 aliphatic carbocycles. The van der Waals surface area contributed by atoms with Crippen LogP contribution in [-0.4, -0.2) is 11.1 Å². The first-order valence-corrected chi connectivity index (χ1v) is 5.14. The second-order valence-electron chi connectivity index (χ2n) is 3.57. The van der Waals surface area contributed by atoms with Gasteiger partial charge in [-0.3, -0.25) is 0 Å². The summed E-state index contributed by atoms with van der Waals surface area (Å²) in [6.07, 6.45) is 4.61. The first-order valence-electron chi connectivity index (χ1n) is 5.14. The summed E-state index contributed by atoms with van der Waals surface area (Å²) in [6.45, 7) is 1.63. The number of rotatable bonds is 5. The molecule has 0 spiro atoms. The summed E-state index contributed by atoms with van der Waals surface area (Å²) in [5.74, 6) is -0.824. The lowest BCUT2D eigenvalue weighted by Gasteiger charge is -1.98. The van der Waals surface area contributed by atoms with Gasteiger partial charge in [-0.25, -0.2) is 4.79 Å². The number of carbonyl (C=O) groups is 1. The Balaban J connectivity index is 2.29. The van der Waals surface area contributed by atoms with Gasteiger partial charge in [0.05, 0.1) is 0 Å². The molecule has 2 heteroatoms. The summed E-state index contributed by atoms with van der Waals surface area (Å²) in [7, 11) is 0. The number of carboxylic acid groups (broad SMARTS) is 1. The predicted molar refractivity (Wildman–Crippen MR) is 60.8 cm³/mol. The maximum atomic E-state index is 10.5. The molecule has 1 rings (SSSR count). The number of unbranched alkanes of at least 4 members (excludes halogenated alkanes) is 1. The third-order valence-corrected chi connectivity index (χ3v) is 2.30. The molecule has 0 heterocycles. The largest absolute Gasteiger partial charge is 0.478 e. The highest BCUT2D eigenvalue weighted by atomic mass is 16.4. The van der Waals surface area contributed by atoms with Crippen LogP contribution in [0, 0.1) is 0 Å². The van der Waals surface area contributed by atoms with Crippen molar-refractivity contribution in [1.29, 1.82) is 0 Å². The van der Waals surface area contributed by atoms with Gasteiger partial charge in [-0.15, -0.1) is 0 Å². The van der Waals surface area contributed by atoms with Crippen LogP contribution < -0.4 is 0 Å². The molecule has 1 aromatic rings. The molecule has 0 saturated carbocycles. The second kappa shape index (κ2) is 6.02. The van der Waals surface area contributed by atoms with E-state index in [-0.39, 0.29) is 0 Å². The molecule has 15 heavy (non-hydrogen) atoms. The lowest BCUT2D eigenvalue weighted by atomic mass is 10.1. The van der Waals surface area contributed by atoms with Crippen molar-refractivity contribution in [2.24, 2.45) is 0 Å². The molecule has 0 unspecified atom stereocenters. The topological polar surface area (TPSA) is 37.3 Å². The van der Waals surface area contributed by atoms with Gasteiger partial charge in [-0.2, -0.15) is 0 Å². The van der Waals surface area contributed by atoms with Crippen LogP contribution in [0.5, 0.6) is 0 Å². The summed E-state index contributed by atoms with van der Waals surface area (Å²) < 4.78 is 0. The molecule has 0 bridgehead atoms. The van der Waals surface area contributed by atoms with E-state index in [1.54, 1.807) is 13.0 Å². The predicted octanol–water partition coefficient (Wildman–Crippen LogP) is 3.04. The zero-order valence-electron chi connectivity index (χ0n) is 8.94. The minimum Gasteiger partial charge on any atom is -0.478 e. The van der Waals surface area contributed by atoms with Gasteiger partial charge < -0.3 is 5.11 Å². The van der Waals surface area contributed by atoms with Gasteiger partial charge >= 0.3 is 5.97 Å². The lowest BCUT2D eigenvalue weighted by Crippen LogP contribution is -1.95. The van der Waals surface area contributed by atoms with Crippen LogP contribution >= 0.6 is 0 Å². The van der Waals surface area contributed by atoms with E-state index in [0.29, 0.717) is 5.57 Å². The molecule has 0 radical (unpaired) electrons. The Bertz CT molecular complexity index is 339. The molecule has 0 amide bonds. The molecule has 1 N–H and O–H groups in total. The minimum absolute atomic E-state index is 0.433. The Hall–Kier alpha value is -1.57. The Kier molecular flexibility index (Phi) is 4.61. The highest BCUT2D eigenvalue weighted by Crippen LogP contribution is 2.06. The molecule has 0 atom stereocenters. The molecular formula is C13H16O2. The van der Waals surface area contributed by atoms with Crippen LogP contribution in [0.4, 0.5) is 0 Å². The smallest absolute Gasteiger partial charge is 0.330 e. The summed E-state index contributed by atoms with van der Waals surface area (Å²) in [6, 6.07) is 10.2. The van der Waals surface area contributed by atoms with E-state index in [1.807, 2.05) is 18.2 Å². The van der Waals surface area contributed by atoms with Gasteiger partial charge in [-0.05, 0) is 31.7 Å². The van der Waals surface area contributed by atoms with Gasteiger partial charge in [0.1, 0.15) is 0 Å². The Morgan fingerprint density at radius 1 is 1.33 bits per heavy atom. The number of carboxylic acids is 1. The third kappa shape index (κ3) is 4.45. The summed E-state index contributed by atoms with van der Waals surface area (Å²) in [5.41, 5.74) is 1.74. The molecule has 0 aromatic heterocycles. The van der Waals surface area contributed by atoms with E-state index in [4.69, 9.17) is 5.11 Å². The van der Waals surface area contributed by atoms with Crippen molar-refractivity contribution in [3.63, 3.8) is 0 Å². The van der Waals surface area contributed by atoms with E-state index in [0.717, 1.165) is 19.3 Å². The number of hydrogen-bond donors (Lipinski definition) is 1. The van der Waals surface area contributed by atoms with Crippen LogP contribution in [0.2, 0.25) is 0 Å². The van der Waals surface area contributed by atoms with Gasteiger partial charge in [0.25, 0.3) is 0 Å². The molecule has 0 saturated heterocycles. The zero-order valence-corrected chi connectivity index (χ0v) is 8.94. The number of benzene rings is 1. The van der Waals surface area contributed by atoms with Crippen LogP contribution in [-0.2, 0) is 11.2 Å². The number of aryl methyl sites for hydroxylation is 1. The first-order chi connectivity index (χ1) is 7.20. The van der Waals surface area contributed by atoms with Crippen LogP contribution in [0.3, 0.4) is 0 Å². The second-order valence-corrected chi connectivity index (χ2v) is 3.57. The third-order valence-electron chi connectivity index (χ3n) is 2.30. The van der Waals surface area contributed by atoms with Crippen LogP contribution in [0.15, 0.2) is 42.0 Å². The van der Waals surface area contributed by atoms with Crippen molar-refractivity contribution < 1.29 is 9.90 Å². The van der Waals surface area contributed by atoms with E-state index in [9.17, 15) is 4.79 Å². The molecule has 0 fully saturated rings. The van der Waals surface area contributed by atoms with Crippen molar-refractivity contribution in [1.82, 2.24) is 0 Å². The average molecular weight is 204 g/mol. The minimum atomic E-state index is -0.824. The Morgan fingerprint density at radius 2 is 2.00 bits per heavy atom. The summed E-state index contributed by atoms with van der Waals surface area (Å²) in [4.78, 5) is 10.5. The van der Waals surface area contributed by atoms with Crippen LogP contribution in [0.1, 0.15) is 25.3 Å². The Morgan fingerprint density at radius 3 is 2.60 bits per heavy atom. The monoisotopic (exact) mass is 204 g/mol. The molecular weight excluding hydrogens is 188 g/mol. The SMILES string of the molecule is CC(=CCCCc1ccccc1)C(=O)O. The number of allylic oxidation sites excluding steroid dienone is 1.